The second kappa shape index (κ2) is 8.40. The van der Waals surface area contributed by atoms with Crippen molar-refractivity contribution >= 4 is 16.9 Å². The van der Waals surface area contributed by atoms with Gasteiger partial charge in [0.15, 0.2) is 5.43 Å². The average Bonchev–Trinajstić information content (AvgIpc) is 3.03. The first-order chi connectivity index (χ1) is 14.9. The third kappa shape index (κ3) is 3.86. The van der Waals surface area contributed by atoms with Crippen LogP contribution in [0.25, 0.3) is 11.0 Å². The van der Waals surface area contributed by atoms with Crippen LogP contribution in [0.5, 0.6) is 5.75 Å². The van der Waals surface area contributed by atoms with E-state index in [1.54, 1.807) is 17.0 Å². The zero-order valence-corrected chi connectivity index (χ0v) is 18.1. The van der Waals surface area contributed by atoms with Crippen molar-refractivity contribution in [1.29, 1.82) is 0 Å². The predicted octanol–water partition coefficient (Wildman–Crippen LogP) is 3.77. The van der Waals surface area contributed by atoms with Crippen molar-refractivity contribution < 1.29 is 13.9 Å². The third-order valence-electron chi connectivity index (χ3n) is 5.47. The summed E-state index contributed by atoms with van der Waals surface area (Å²) in [5, 5.41) is 0.497. The van der Waals surface area contributed by atoms with E-state index in [1.165, 1.54) is 0 Å². The molecule has 0 radical (unpaired) electrons. The zero-order valence-electron chi connectivity index (χ0n) is 18.1. The van der Waals surface area contributed by atoms with E-state index >= 15 is 0 Å². The number of hydrogen-bond acceptors (Lipinski definition) is 5. The van der Waals surface area contributed by atoms with Crippen molar-refractivity contribution in [2.75, 3.05) is 33.8 Å². The molecule has 31 heavy (non-hydrogen) atoms. The van der Waals surface area contributed by atoms with Gasteiger partial charge in [-0.25, -0.2) is 0 Å². The molecule has 0 saturated carbocycles. The molecule has 0 spiro atoms. The maximum absolute atomic E-state index is 13.5. The monoisotopic (exact) mass is 418 g/mol. The van der Waals surface area contributed by atoms with Gasteiger partial charge in [0, 0.05) is 13.1 Å². The normalized spacial score (nSPS) is 15.5. The number of carbonyl (C=O) groups is 1. The summed E-state index contributed by atoms with van der Waals surface area (Å²) in [6, 6.07) is 12.4. The number of ether oxygens (including phenoxy) is 1. The lowest BCUT2D eigenvalue weighted by Gasteiger charge is -2.26. The molecule has 1 atom stereocenters. The Morgan fingerprint density at radius 1 is 1.16 bits per heavy atom. The van der Waals surface area contributed by atoms with Gasteiger partial charge in [-0.05, 0) is 50.8 Å². The van der Waals surface area contributed by atoms with Crippen LogP contribution in [0.4, 0.5) is 0 Å². The summed E-state index contributed by atoms with van der Waals surface area (Å²) in [5.74, 6) is 0.583. The number of hydrogen-bond donors (Lipinski definition) is 0. The molecule has 6 heteroatoms. The van der Waals surface area contributed by atoms with E-state index in [0.29, 0.717) is 42.0 Å². The summed E-state index contributed by atoms with van der Waals surface area (Å²) in [5.41, 5.74) is 2.49. The fourth-order valence-electron chi connectivity index (χ4n) is 3.92. The fourth-order valence-corrected chi connectivity index (χ4v) is 3.92. The highest BCUT2D eigenvalue weighted by Crippen LogP contribution is 2.38. The Bertz CT molecular complexity index is 1190. The van der Waals surface area contributed by atoms with E-state index in [0.717, 1.165) is 11.1 Å². The standard InChI is InChI=1S/C25H26N2O4/c1-5-14-30-18-9-7-17(8-10-18)22-21-23(28)19-15-16(2)6-11-20(19)31-24(21)25(29)27(22)13-12-26(3)4/h5-11,15,22H,1,12-14H2,2-4H3. The van der Waals surface area contributed by atoms with Crippen LogP contribution in [0.3, 0.4) is 0 Å². The maximum Gasteiger partial charge on any atom is 0.290 e. The molecular formula is C25H26N2O4. The van der Waals surface area contributed by atoms with Gasteiger partial charge >= 0.3 is 0 Å². The molecule has 0 bridgehead atoms. The van der Waals surface area contributed by atoms with E-state index in [1.807, 2.05) is 62.3 Å². The molecule has 1 amide bonds. The van der Waals surface area contributed by atoms with Crippen LogP contribution in [0.1, 0.15) is 33.3 Å². The summed E-state index contributed by atoms with van der Waals surface area (Å²) in [4.78, 5) is 30.5. The number of benzene rings is 2. The molecule has 0 saturated heterocycles. The van der Waals surface area contributed by atoms with Crippen LogP contribution in [-0.4, -0.2) is 49.5 Å². The Balaban J connectivity index is 1.85. The SMILES string of the molecule is C=CCOc1ccc(C2c3c(oc4ccc(C)cc4c3=O)C(=O)N2CCN(C)C)cc1. The van der Waals surface area contributed by atoms with Gasteiger partial charge in [-0.1, -0.05) is 36.4 Å². The minimum absolute atomic E-state index is 0.136. The van der Waals surface area contributed by atoms with Crippen LogP contribution in [0.2, 0.25) is 0 Å². The minimum atomic E-state index is -0.503. The Morgan fingerprint density at radius 3 is 2.58 bits per heavy atom. The quantitative estimate of drug-likeness (QED) is 0.547. The van der Waals surface area contributed by atoms with E-state index < -0.39 is 6.04 Å². The second-order valence-corrected chi connectivity index (χ2v) is 8.05. The minimum Gasteiger partial charge on any atom is -0.490 e. The first kappa shape index (κ1) is 20.9. The van der Waals surface area contributed by atoms with Crippen LogP contribution in [0, 0.1) is 6.92 Å². The van der Waals surface area contributed by atoms with Crippen molar-refractivity contribution in [2.24, 2.45) is 0 Å². The molecule has 1 unspecified atom stereocenters. The van der Waals surface area contributed by atoms with Crippen LogP contribution in [-0.2, 0) is 0 Å². The van der Waals surface area contributed by atoms with Gasteiger partial charge in [0.25, 0.3) is 5.91 Å². The number of nitrogens with zero attached hydrogens (tertiary/aromatic N) is 2. The van der Waals surface area contributed by atoms with Crippen molar-refractivity contribution in [3.8, 4) is 5.75 Å². The smallest absolute Gasteiger partial charge is 0.290 e. The van der Waals surface area contributed by atoms with Crippen molar-refractivity contribution in [3.05, 3.63) is 87.8 Å². The van der Waals surface area contributed by atoms with Crippen LogP contribution < -0.4 is 10.2 Å². The van der Waals surface area contributed by atoms with Gasteiger partial charge in [-0.2, -0.15) is 0 Å². The average molecular weight is 418 g/mol. The number of aryl methyl sites for hydroxylation is 1. The number of rotatable bonds is 7. The molecular weight excluding hydrogens is 392 g/mol. The molecule has 6 nitrogen and oxygen atoms in total. The Hall–Kier alpha value is -3.38. The van der Waals surface area contributed by atoms with Crippen molar-refractivity contribution in [1.82, 2.24) is 9.80 Å². The van der Waals surface area contributed by atoms with E-state index in [2.05, 4.69) is 6.58 Å². The fraction of sp³-hybridized carbons (Fsp3) is 0.280. The summed E-state index contributed by atoms with van der Waals surface area (Å²) in [6.45, 7) is 7.14. The largest absolute Gasteiger partial charge is 0.490 e. The summed E-state index contributed by atoms with van der Waals surface area (Å²) in [7, 11) is 3.91. The molecule has 1 aliphatic rings. The molecule has 0 fully saturated rings. The number of carbonyl (C=O) groups excluding carboxylic acids is 1. The lowest BCUT2D eigenvalue weighted by Crippen LogP contribution is -2.35. The molecule has 1 aliphatic heterocycles. The van der Waals surface area contributed by atoms with Gasteiger partial charge in [-0.3, -0.25) is 9.59 Å². The maximum atomic E-state index is 13.5. The molecule has 3 aromatic rings. The summed E-state index contributed by atoms with van der Waals surface area (Å²) < 4.78 is 11.6. The Labute approximate surface area is 181 Å². The Morgan fingerprint density at radius 2 is 1.90 bits per heavy atom. The predicted molar refractivity (Wildman–Crippen MR) is 121 cm³/mol. The molecule has 0 aliphatic carbocycles. The second-order valence-electron chi connectivity index (χ2n) is 8.05. The molecule has 1 aromatic heterocycles. The molecule has 0 N–H and O–H groups in total. The highest BCUT2D eigenvalue weighted by Gasteiger charge is 2.42. The highest BCUT2D eigenvalue weighted by molar-refractivity contribution is 5.99. The number of amides is 1. The van der Waals surface area contributed by atoms with Gasteiger partial charge in [0.2, 0.25) is 5.76 Å². The van der Waals surface area contributed by atoms with Crippen LogP contribution >= 0.6 is 0 Å². The van der Waals surface area contributed by atoms with Gasteiger partial charge in [-0.15, -0.1) is 0 Å². The van der Waals surface area contributed by atoms with E-state index in [4.69, 9.17) is 9.15 Å². The Kier molecular flexibility index (Phi) is 5.65. The molecule has 2 heterocycles. The summed E-state index contributed by atoms with van der Waals surface area (Å²) >= 11 is 0. The highest BCUT2D eigenvalue weighted by atomic mass is 16.5. The topological polar surface area (TPSA) is 63.0 Å². The van der Waals surface area contributed by atoms with E-state index in [-0.39, 0.29) is 17.1 Å². The number of fused-ring (bicyclic) bond motifs is 2. The lowest BCUT2D eigenvalue weighted by molar-refractivity contribution is 0.0716. The van der Waals surface area contributed by atoms with Gasteiger partial charge in [0.05, 0.1) is 17.0 Å². The van der Waals surface area contributed by atoms with Crippen LogP contribution in [0.15, 0.2) is 64.3 Å². The summed E-state index contributed by atoms with van der Waals surface area (Å²) in [6.07, 6.45) is 1.68. The van der Waals surface area contributed by atoms with Crippen molar-refractivity contribution in [2.45, 2.75) is 13.0 Å². The lowest BCUT2D eigenvalue weighted by atomic mass is 9.98. The van der Waals surface area contributed by atoms with E-state index in [9.17, 15) is 9.59 Å². The number of likely N-dealkylation sites (N-methyl/N-ethyl adjacent to an activating group) is 1. The first-order valence-electron chi connectivity index (χ1n) is 10.3. The third-order valence-corrected chi connectivity index (χ3v) is 5.47. The zero-order chi connectivity index (χ0) is 22.1. The molecule has 160 valence electrons. The van der Waals surface area contributed by atoms with Gasteiger partial charge < -0.3 is 19.0 Å². The molecule has 2 aromatic carbocycles. The first-order valence-corrected chi connectivity index (χ1v) is 10.3. The van der Waals surface area contributed by atoms with Gasteiger partial charge in [0.1, 0.15) is 17.9 Å². The molecule has 4 rings (SSSR count). The van der Waals surface area contributed by atoms with Crippen molar-refractivity contribution in [3.63, 3.8) is 0 Å².